The third-order valence-electron chi connectivity index (χ3n) is 6.03. The lowest BCUT2D eigenvalue weighted by Crippen LogP contribution is -2.20. The first kappa shape index (κ1) is 21.6. The van der Waals surface area contributed by atoms with Gasteiger partial charge in [0.2, 0.25) is 0 Å². The second-order valence-electron chi connectivity index (χ2n) is 8.11. The van der Waals surface area contributed by atoms with Crippen LogP contribution in [0, 0.1) is 0 Å². The van der Waals surface area contributed by atoms with E-state index in [0.717, 1.165) is 30.8 Å². The lowest BCUT2D eigenvalue weighted by Gasteiger charge is -2.21. The summed E-state index contributed by atoms with van der Waals surface area (Å²) in [4.78, 5) is 14.6. The molecule has 0 unspecified atom stereocenters. The fourth-order valence-electron chi connectivity index (χ4n) is 4.54. The predicted molar refractivity (Wildman–Crippen MR) is 124 cm³/mol. The minimum absolute atomic E-state index is 0.207. The van der Waals surface area contributed by atoms with Crippen molar-refractivity contribution in [2.45, 2.75) is 24.9 Å². The lowest BCUT2D eigenvalue weighted by molar-refractivity contribution is 0.0600. The van der Waals surface area contributed by atoms with Gasteiger partial charge < -0.3 is 10.5 Å². The molecule has 0 amide bonds. The summed E-state index contributed by atoms with van der Waals surface area (Å²) in [6, 6.07) is 24.6. The van der Waals surface area contributed by atoms with E-state index < -0.39 is 0 Å². The van der Waals surface area contributed by atoms with Gasteiger partial charge in [-0.25, -0.2) is 4.79 Å². The largest absolute Gasteiger partial charge is 0.465 e. The molecule has 1 aliphatic heterocycles. The van der Waals surface area contributed by atoms with Crippen LogP contribution < -0.4 is 5.73 Å². The van der Waals surface area contributed by atoms with Gasteiger partial charge in [0.05, 0.1) is 12.7 Å². The Hall–Kier alpha value is -2.66. The van der Waals surface area contributed by atoms with Gasteiger partial charge >= 0.3 is 5.97 Å². The number of hydrogen-bond donors (Lipinski definition) is 1. The highest BCUT2D eigenvalue weighted by Gasteiger charge is 2.35. The van der Waals surface area contributed by atoms with Crippen LogP contribution in [-0.4, -0.2) is 31.1 Å². The molecule has 1 aliphatic rings. The third kappa shape index (κ3) is 4.99. The van der Waals surface area contributed by atoms with Crippen LogP contribution in [0.4, 0.5) is 0 Å². The molecule has 3 aromatic carbocycles. The van der Waals surface area contributed by atoms with Crippen molar-refractivity contribution in [3.05, 3.63) is 106 Å². The minimum atomic E-state index is -0.371. The number of esters is 1. The first-order chi connectivity index (χ1) is 15.1. The van der Waals surface area contributed by atoms with E-state index in [-0.39, 0.29) is 17.8 Å². The summed E-state index contributed by atoms with van der Waals surface area (Å²) in [6.07, 6.45) is 0. The van der Waals surface area contributed by atoms with Gasteiger partial charge in [0, 0.05) is 43.0 Å². The molecule has 1 heterocycles. The molecule has 4 nitrogen and oxygen atoms in total. The maximum absolute atomic E-state index is 12.2. The monoisotopic (exact) mass is 434 g/mol. The van der Waals surface area contributed by atoms with Crippen molar-refractivity contribution in [1.29, 1.82) is 0 Å². The smallest absolute Gasteiger partial charge is 0.337 e. The molecule has 1 fully saturated rings. The Kier molecular flexibility index (Phi) is 6.71. The third-order valence-corrected chi connectivity index (χ3v) is 6.25. The number of rotatable bonds is 6. The summed E-state index contributed by atoms with van der Waals surface area (Å²) in [5, 5.41) is 0.550. The maximum Gasteiger partial charge on any atom is 0.337 e. The summed E-state index contributed by atoms with van der Waals surface area (Å²) >= 11 is 6.40. The Morgan fingerprint density at radius 3 is 2.39 bits per heavy atom. The van der Waals surface area contributed by atoms with Crippen LogP contribution in [0.3, 0.4) is 0 Å². The molecule has 0 bridgehead atoms. The zero-order valence-corrected chi connectivity index (χ0v) is 18.4. The van der Waals surface area contributed by atoms with E-state index in [0.29, 0.717) is 17.1 Å². The Balaban J connectivity index is 1.70. The van der Waals surface area contributed by atoms with Crippen LogP contribution >= 0.6 is 11.6 Å². The highest BCUT2D eigenvalue weighted by atomic mass is 35.5. The fourth-order valence-corrected chi connectivity index (χ4v) is 4.79. The molecule has 2 N–H and O–H groups in total. The van der Waals surface area contributed by atoms with E-state index in [1.807, 2.05) is 18.2 Å². The molecular weight excluding hydrogens is 408 g/mol. The van der Waals surface area contributed by atoms with Crippen LogP contribution in [0.2, 0.25) is 5.02 Å². The normalized spacial score (nSPS) is 18.8. The average Bonchev–Trinajstić information content (AvgIpc) is 3.22. The Bertz CT molecular complexity index is 1050. The van der Waals surface area contributed by atoms with E-state index in [2.05, 4.69) is 53.4 Å². The van der Waals surface area contributed by atoms with Gasteiger partial charge in [-0.05, 0) is 40.5 Å². The number of likely N-dealkylation sites (tertiary alicyclic amines) is 1. The van der Waals surface area contributed by atoms with Gasteiger partial charge in [0.1, 0.15) is 0 Å². The van der Waals surface area contributed by atoms with Crippen molar-refractivity contribution in [1.82, 2.24) is 4.90 Å². The molecule has 0 saturated carbocycles. The van der Waals surface area contributed by atoms with Gasteiger partial charge in [-0.3, -0.25) is 4.90 Å². The molecular formula is C26H27ClN2O2. The summed E-state index contributed by atoms with van der Waals surface area (Å²) in [7, 11) is 1.39. The predicted octanol–water partition coefficient (Wildman–Crippen LogP) is 4.97. The van der Waals surface area contributed by atoms with Gasteiger partial charge in [0.15, 0.2) is 0 Å². The molecule has 0 aromatic heterocycles. The average molecular weight is 435 g/mol. The van der Waals surface area contributed by atoms with E-state index >= 15 is 0 Å². The molecule has 0 aliphatic carbocycles. The highest BCUT2D eigenvalue weighted by molar-refractivity contribution is 6.31. The quantitative estimate of drug-likeness (QED) is 0.556. The molecule has 4 rings (SSSR count). The number of hydrogen-bond acceptors (Lipinski definition) is 4. The number of carbonyl (C=O) groups excluding carboxylic acids is 1. The van der Waals surface area contributed by atoms with Crippen LogP contribution in [0.15, 0.2) is 72.8 Å². The van der Waals surface area contributed by atoms with Gasteiger partial charge in [0.25, 0.3) is 0 Å². The standard InChI is InChI=1S/C26H27ClN2O2/c1-31-26(30)22-11-21(12-23(27)13-22)25-17-29(15-18-6-3-2-4-7-18)16-24(25)20-9-5-8-19(10-20)14-28/h2-13,24-25H,14-17,28H2,1H3/t24-,25-/m0/s1. The topological polar surface area (TPSA) is 55.6 Å². The van der Waals surface area contributed by atoms with Crippen LogP contribution in [-0.2, 0) is 17.8 Å². The van der Waals surface area contributed by atoms with Crippen molar-refractivity contribution in [3.8, 4) is 0 Å². The molecule has 1 saturated heterocycles. The number of ether oxygens (including phenoxy) is 1. The van der Waals surface area contributed by atoms with Crippen molar-refractivity contribution >= 4 is 17.6 Å². The lowest BCUT2D eigenvalue weighted by atomic mass is 9.83. The van der Waals surface area contributed by atoms with Crippen molar-refractivity contribution in [2.75, 3.05) is 20.2 Å². The molecule has 3 aromatic rings. The molecule has 5 heteroatoms. The second kappa shape index (κ2) is 9.65. The number of methoxy groups -OCH3 is 1. The maximum atomic E-state index is 12.2. The summed E-state index contributed by atoms with van der Waals surface area (Å²) in [5.74, 6) is 0.114. The SMILES string of the molecule is COC(=O)c1cc(Cl)cc([C@@H]2CN(Cc3ccccc3)C[C@H]2c2cccc(CN)c2)c1. The second-order valence-corrected chi connectivity index (χ2v) is 8.54. The van der Waals surface area contributed by atoms with Crippen molar-refractivity contribution in [3.63, 3.8) is 0 Å². The molecule has 31 heavy (non-hydrogen) atoms. The number of nitrogens with two attached hydrogens (primary N) is 1. The molecule has 0 radical (unpaired) electrons. The fraction of sp³-hybridized carbons (Fsp3) is 0.269. The first-order valence-electron chi connectivity index (χ1n) is 10.5. The Morgan fingerprint density at radius 2 is 1.68 bits per heavy atom. The number of benzene rings is 3. The van der Waals surface area contributed by atoms with Crippen molar-refractivity contribution in [2.24, 2.45) is 5.73 Å². The highest BCUT2D eigenvalue weighted by Crippen LogP contribution is 2.41. The summed E-state index contributed by atoms with van der Waals surface area (Å²) in [5.41, 5.74) is 11.1. The minimum Gasteiger partial charge on any atom is -0.465 e. The van der Waals surface area contributed by atoms with Gasteiger partial charge in [-0.1, -0.05) is 66.2 Å². The van der Waals surface area contributed by atoms with E-state index in [1.165, 1.54) is 18.2 Å². The molecule has 160 valence electrons. The van der Waals surface area contributed by atoms with Crippen LogP contribution in [0.25, 0.3) is 0 Å². The van der Waals surface area contributed by atoms with E-state index in [9.17, 15) is 4.79 Å². The van der Waals surface area contributed by atoms with Gasteiger partial charge in [-0.2, -0.15) is 0 Å². The summed E-state index contributed by atoms with van der Waals surface area (Å²) < 4.78 is 4.93. The van der Waals surface area contributed by atoms with E-state index in [1.54, 1.807) is 6.07 Å². The van der Waals surface area contributed by atoms with E-state index in [4.69, 9.17) is 22.1 Å². The molecule has 0 spiro atoms. The first-order valence-corrected chi connectivity index (χ1v) is 10.9. The Morgan fingerprint density at radius 1 is 0.968 bits per heavy atom. The zero-order chi connectivity index (χ0) is 21.8. The number of halogens is 1. The molecule has 2 atom stereocenters. The number of nitrogens with zero attached hydrogens (tertiary/aromatic N) is 1. The van der Waals surface area contributed by atoms with Crippen LogP contribution in [0.1, 0.15) is 44.4 Å². The summed E-state index contributed by atoms with van der Waals surface area (Å²) in [6.45, 7) is 3.21. The Labute approximate surface area is 188 Å². The van der Waals surface area contributed by atoms with Crippen LogP contribution in [0.5, 0.6) is 0 Å². The number of carbonyl (C=O) groups is 1. The van der Waals surface area contributed by atoms with Gasteiger partial charge in [-0.15, -0.1) is 0 Å². The van der Waals surface area contributed by atoms with Crippen molar-refractivity contribution < 1.29 is 9.53 Å². The zero-order valence-electron chi connectivity index (χ0n) is 17.6.